The van der Waals surface area contributed by atoms with Crippen LogP contribution in [-0.4, -0.2) is 35.3 Å². The first-order chi connectivity index (χ1) is 9.37. The molecule has 2 rings (SSSR count). The van der Waals surface area contributed by atoms with Gasteiger partial charge < -0.3 is 5.73 Å². The molecule has 1 fully saturated rings. The van der Waals surface area contributed by atoms with E-state index in [4.69, 9.17) is 17.3 Å². The molecular formula is C14H18ClN3O2. The van der Waals surface area contributed by atoms with Crippen molar-refractivity contribution in [1.82, 2.24) is 10.2 Å². The van der Waals surface area contributed by atoms with E-state index >= 15 is 0 Å². The Kier molecular flexibility index (Phi) is 4.13. The number of hydrogen-bond acceptors (Lipinski definition) is 4. The molecule has 0 aliphatic carbocycles. The van der Waals surface area contributed by atoms with E-state index in [1.54, 1.807) is 24.8 Å². The molecule has 1 atom stereocenters. The summed E-state index contributed by atoms with van der Waals surface area (Å²) in [6, 6.07) is 7.06. The number of nitrogens with zero attached hydrogens (tertiary/aromatic N) is 1. The van der Waals surface area contributed by atoms with Gasteiger partial charge in [-0.05, 0) is 25.5 Å². The van der Waals surface area contributed by atoms with Crippen molar-refractivity contribution in [2.45, 2.75) is 25.4 Å². The lowest BCUT2D eigenvalue weighted by Crippen LogP contribution is -2.65. The zero-order chi connectivity index (χ0) is 14.9. The van der Waals surface area contributed by atoms with Gasteiger partial charge in [-0.15, -0.1) is 0 Å². The topological polar surface area (TPSA) is 75.4 Å². The van der Waals surface area contributed by atoms with E-state index in [1.165, 1.54) is 0 Å². The third-order valence-electron chi connectivity index (χ3n) is 3.70. The van der Waals surface area contributed by atoms with Gasteiger partial charge in [0.1, 0.15) is 0 Å². The number of halogens is 1. The van der Waals surface area contributed by atoms with E-state index in [-0.39, 0.29) is 30.9 Å². The summed E-state index contributed by atoms with van der Waals surface area (Å²) in [6.07, 6.45) is 0. The molecule has 1 aliphatic rings. The number of amides is 2. The van der Waals surface area contributed by atoms with Crippen molar-refractivity contribution in [2.24, 2.45) is 5.73 Å². The van der Waals surface area contributed by atoms with Crippen LogP contribution in [0.5, 0.6) is 0 Å². The second kappa shape index (κ2) is 5.52. The van der Waals surface area contributed by atoms with Gasteiger partial charge in [0.2, 0.25) is 11.8 Å². The Morgan fingerprint density at radius 1 is 1.40 bits per heavy atom. The van der Waals surface area contributed by atoms with Crippen LogP contribution in [0.25, 0.3) is 0 Å². The van der Waals surface area contributed by atoms with Crippen molar-refractivity contribution in [3.8, 4) is 0 Å². The lowest BCUT2D eigenvalue weighted by molar-refractivity contribution is -0.147. The first-order valence-electron chi connectivity index (χ1n) is 6.43. The largest absolute Gasteiger partial charge is 0.329 e. The van der Waals surface area contributed by atoms with E-state index in [9.17, 15) is 9.59 Å². The molecule has 1 aliphatic heterocycles. The minimum absolute atomic E-state index is 0.117. The van der Waals surface area contributed by atoms with Crippen LogP contribution in [-0.2, 0) is 9.59 Å². The van der Waals surface area contributed by atoms with Crippen LogP contribution < -0.4 is 11.1 Å². The van der Waals surface area contributed by atoms with Gasteiger partial charge in [0.15, 0.2) is 0 Å². The van der Waals surface area contributed by atoms with Gasteiger partial charge in [0.25, 0.3) is 0 Å². The van der Waals surface area contributed by atoms with Gasteiger partial charge in [0, 0.05) is 11.6 Å². The second-order valence-corrected chi connectivity index (χ2v) is 5.74. The highest BCUT2D eigenvalue weighted by Gasteiger charge is 2.44. The molecule has 108 valence electrons. The van der Waals surface area contributed by atoms with Gasteiger partial charge >= 0.3 is 0 Å². The molecule has 3 N–H and O–H groups in total. The Hall–Kier alpha value is -1.43. The Morgan fingerprint density at radius 3 is 2.65 bits per heavy atom. The fourth-order valence-electron chi connectivity index (χ4n) is 2.47. The number of carbonyl (C=O) groups is 2. The third-order valence-corrected chi connectivity index (χ3v) is 4.05. The minimum atomic E-state index is -0.822. The minimum Gasteiger partial charge on any atom is -0.329 e. The quantitative estimate of drug-likeness (QED) is 0.818. The van der Waals surface area contributed by atoms with Crippen LogP contribution in [0.4, 0.5) is 0 Å². The Bertz CT molecular complexity index is 545. The Morgan fingerprint density at radius 2 is 2.05 bits per heavy atom. The lowest BCUT2D eigenvalue weighted by atomic mass is 9.93. The van der Waals surface area contributed by atoms with Crippen LogP contribution >= 0.6 is 11.6 Å². The van der Waals surface area contributed by atoms with Gasteiger partial charge in [0.05, 0.1) is 18.1 Å². The highest BCUT2D eigenvalue weighted by Crippen LogP contribution is 2.33. The third kappa shape index (κ3) is 2.57. The van der Waals surface area contributed by atoms with Crippen molar-refractivity contribution < 1.29 is 9.59 Å². The maximum atomic E-state index is 12.0. The van der Waals surface area contributed by atoms with E-state index in [2.05, 4.69) is 5.32 Å². The summed E-state index contributed by atoms with van der Waals surface area (Å²) in [7, 11) is 0. The first-order valence-corrected chi connectivity index (χ1v) is 6.81. The summed E-state index contributed by atoms with van der Waals surface area (Å²) >= 11 is 6.22. The molecular weight excluding hydrogens is 278 g/mol. The maximum absolute atomic E-state index is 12.0. The molecule has 1 aromatic rings. The predicted octanol–water partition coefficient (Wildman–Crippen LogP) is 1.08. The smallest absolute Gasteiger partial charge is 0.246 e. The van der Waals surface area contributed by atoms with Crippen molar-refractivity contribution in [1.29, 1.82) is 0 Å². The van der Waals surface area contributed by atoms with E-state index in [0.29, 0.717) is 5.02 Å². The SMILES string of the molecule is CC1(C)C(=O)NC(=O)CN1C(CN)c1ccccc1Cl. The molecule has 1 unspecified atom stereocenters. The molecule has 20 heavy (non-hydrogen) atoms. The number of piperazine rings is 1. The number of nitrogens with two attached hydrogens (primary N) is 1. The molecule has 0 radical (unpaired) electrons. The molecule has 0 aromatic heterocycles. The van der Waals surface area contributed by atoms with Crippen LogP contribution in [0.2, 0.25) is 5.02 Å². The average molecular weight is 296 g/mol. The molecule has 1 saturated heterocycles. The average Bonchev–Trinajstić information content (AvgIpc) is 2.38. The van der Waals surface area contributed by atoms with Crippen LogP contribution in [0, 0.1) is 0 Å². The molecule has 0 spiro atoms. The molecule has 1 heterocycles. The number of rotatable bonds is 3. The molecule has 2 amide bonds. The summed E-state index contributed by atoms with van der Waals surface area (Å²) in [4.78, 5) is 25.5. The summed E-state index contributed by atoms with van der Waals surface area (Å²) < 4.78 is 0. The lowest BCUT2D eigenvalue weighted by Gasteiger charge is -2.44. The summed E-state index contributed by atoms with van der Waals surface area (Å²) in [6.45, 7) is 3.93. The van der Waals surface area contributed by atoms with Gasteiger partial charge in [-0.1, -0.05) is 29.8 Å². The van der Waals surface area contributed by atoms with E-state index in [0.717, 1.165) is 5.56 Å². The van der Waals surface area contributed by atoms with Gasteiger partial charge in [-0.25, -0.2) is 0 Å². The van der Waals surface area contributed by atoms with Gasteiger partial charge in [-0.3, -0.25) is 19.8 Å². The number of hydrogen-bond donors (Lipinski definition) is 2. The predicted molar refractivity (Wildman–Crippen MR) is 77.2 cm³/mol. The molecule has 0 saturated carbocycles. The number of imide groups is 1. The second-order valence-electron chi connectivity index (χ2n) is 5.34. The first kappa shape index (κ1) is 15.0. The van der Waals surface area contributed by atoms with Crippen molar-refractivity contribution in [3.63, 3.8) is 0 Å². The van der Waals surface area contributed by atoms with Crippen molar-refractivity contribution in [2.75, 3.05) is 13.1 Å². The standard InChI is InChI=1S/C14H18ClN3O2/c1-14(2)13(20)17-12(19)8-18(14)11(7-16)9-5-3-4-6-10(9)15/h3-6,11H,7-8,16H2,1-2H3,(H,17,19,20). The molecule has 0 bridgehead atoms. The molecule has 5 nitrogen and oxygen atoms in total. The van der Waals surface area contributed by atoms with E-state index in [1.807, 2.05) is 18.2 Å². The molecule has 6 heteroatoms. The molecule has 1 aromatic carbocycles. The Balaban J connectivity index is 2.42. The van der Waals surface area contributed by atoms with Gasteiger partial charge in [-0.2, -0.15) is 0 Å². The Labute approximate surface area is 123 Å². The number of nitrogens with one attached hydrogen (secondary N) is 1. The monoisotopic (exact) mass is 295 g/mol. The number of carbonyl (C=O) groups excluding carboxylic acids is 2. The van der Waals surface area contributed by atoms with Crippen molar-refractivity contribution >= 4 is 23.4 Å². The fraction of sp³-hybridized carbons (Fsp3) is 0.429. The normalized spacial score (nSPS) is 20.6. The van der Waals surface area contributed by atoms with Crippen LogP contribution in [0.3, 0.4) is 0 Å². The summed E-state index contributed by atoms with van der Waals surface area (Å²) in [5.41, 5.74) is 5.88. The fourth-order valence-corrected chi connectivity index (χ4v) is 2.73. The van der Waals surface area contributed by atoms with Crippen LogP contribution in [0.1, 0.15) is 25.5 Å². The highest BCUT2D eigenvalue weighted by atomic mass is 35.5. The van der Waals surface area contributed by atoms with Crippen molar-refractivity contribution in [3.05, 3.63) is 34.9 Å². The zero-order valence-corrected chi connectivity index (χ0v) is 12.3. The van der Waals surface area contributed by atoms with E-state index < -0.39 is 5.54 Å². The van der Waals surface area contributed by atoms with Crippen LogP contribution in [0.15, 0.2) is 24.3 Å². The number of benzene rings is 1. The summed E-state index contributed by atoms with van der Waals surface area (Å²) in [5, 5.41) is 2.93. The highest BCUT2D eigenvalue weighted by molar-refractivity contribution is 6.31. The maximum Gasteiger partial charge on any atom is 0.246 e. The zero-order valence-electron chi connectivity index (χ0n) is 11.5. The summed E-state index contributed by atoms with van der Waals surface area (Å²) in [5.74, 6) is -0.640.